The highest BCUT2D eigenvalue weighted by Gasteiger charge is 2.48. The van der Waals surface area contributed by atoms with E-state index in [2.05, 4.69) is 4.98 Å². The summed E-state index contributed by atoms with van der Waals surface area (Å²) in [5.41, 5.74) is -4.13. The molecule has 0 saturated carbocycles. The van der Waals surface area contributed by atoms with E-state index in [0.717, 1.165) is 4.90 Å². The van der Waals surface area contributed by atoms with Crippen molar-refractivity contribution < 1.29 is 35.9 Å². The van der Waals surface area contributed by atoms with Crippen molar-refractivity contribution in [3.63, 3.8) is 0 Å². The summed E-state index contributed by atoms with van der Waals surface area (Å²) >= 11 is 12.2. The lowest BCUT2D eigenvalue weighted by molar-refractivity contribution is -0.143. The van der Waals surface area contributed by atoms with Crippen molar-refractivity contribution in [2.45, 2.75) is 44.2 Å². The van der Waals surface area contributed by atoms with Gasteiger partial charge in [0.2, 0.25) is 11.8 Å². The fourth-order valence-corrected chi connectivity index (χ4v) is 5.08. The van der Waals surface area contributed by atoms with Crippen LogP contribution in [0.1, 0.15) is 35.6 Å². The van der Waals surface area contributed by atoms with E-state index in [9.17, 15) is 35.9 Å². The third-order valence-corrected chi connectivity index (χ3v) is 7.30. The Morgan fingerprint density at radius 1 is 0.850 bits per heavy atom. The van der Waals surface area contributed by atoms with Gasteiger partial charge in [-0.1, -0.05) is 29.3 Å². The Balaban J connectivity index is 1.80. The number of hydrogen-bond donors (Lipinski definition) is 0. The lowest BCUT2D eigenvalue weighted by Gasteiger charge is -2.40. The fraction of sp³-hybridized carbons (Fsp3) is 0.296. The maximum absolute atomic E-state index is 14.1. The number of halogens is 8. The van der Waals surface area contributed by atoms with Gasteiger partial charge in [0.05, 0.1) is 21.2 Å². The number of amides is 2. The molecule has 212 valence electrons. The average Bonchev–Trinajstić information content (AvgIpc) is 2.95. The number of nitrogens with zero attached hydrogens (tertiary/aromatic N) is 3. The number of hydrogen-bond acceptors (Lipinski definition) is 3. The normalized spacial score (nSPS) is 18.7. The predicted octanol–water partition coefficient (Wildman–Crippen LogP) is 7.19. The quantitative estimate of drug-likeness (QED) is 0.290. The van der Waals surface area contributed by atoms with E-state index >= 15 is 0 Å². The summed E-state index contributed by atoms with van der Waals surface area (Å²) in [5, 5.41) is 0.461. The third kappa shape index (κ3) is 6.20. The molecule has 2 aromatic carbocycles. The number of carbonyl (C=O) groups excluding carboxylic acids is 2. The highest BCUT2D eigenvalue weighted by Crippen LogP contribution is 2.38. The van der Waals surface area contributed by atoms with Crippen molar-refractivity contribution in [2.24, 2.45) is 0 Å². The lowest BCUT2D eigenvalue weighted by Crippen LogP contribution is -2.59. The van der Waals surface area contributed by atoms with E-state index in [1.54, 1.807) is 6.07 Å². The van der Waals surface area contributed by atoms with Crippen LogP contribution in [0.25, 0.3) is 0 Å². The maximum atomic E-state index is 14.1. The van der Waals surface area contributed by atoms with Crippen LogP contribution >= 0.6 is 23.2 Å². The zero-order valence-corrected chi connectivity index (χ0v) is 22.3. The Hall–Kier alpha value is -3.31. The molecule has 0 bridgehead atoms. The molecule has 1 fully saturated rings. The molecule has 1 unspecified atom stereocenters. The van der Waals surface area contributed by atoms with Crippen molar-refractivity contribution in [1.29, 1.82) is 0 Å². The van der Waals surface area contributed by atoms with E-state index in [1.807, 2.05) is 0 Å². The van der Waals surface area contributed by atoms with Crippen LogP contribution in [0, 0.1) is 0 Å². The molecule has 1 aliphatic heterocycles. The van der Waals surface area contributed by atoms with E-state index in [0.29, 0.717) is 23.4 Å². The third-order valence-electron chi connectivity index (χ3n) is 6.56. The van der Waals surface area contributed by atoms with Crippen molar-refractivity contribution in [3.8, 4) is 0 Å². The number of anilines is 1. The minimum atomic E-state index is -5.05. The molecule has 4 rings (SSSR count). The Morgan fingerprint density at radius 2 is 1.45 bits per heavy atom. The molecule has 0 spiro atoms. The van der Waals surface area contributed by atoms with Crippen LogP contribution in [-0.2, 0) is 34.9 Å². The van der Waals surface area contributed by atoms with Crippen LogP contribution < -0.4 is 4.90 Å². The fourth-order valence-electron chi connectivity index (χ4n) is 4.76. The van der Waals surface area contributed by atoms with Crippen LogP contribution in [0.2, 0.25) is 10.0 Å². The van der Waals surface area contributed by atoms with Crippen LogP contribution in [0.4, 0.5) is 32.0 Å². The molecule has 13 heteroatoms. The summed E-state index contributed by atoms with van der Waals surface area (Å²) in [6.45, 7) is 0.676. The van der Waals surface area contributed by atoms with E-state index < -0.39 is 47.4 Å². The first kappa shape index (κ1) is 29.7. The summed E-state index contributed by atoms with van der Waals surface area (Å²) in [6.07, 6.45) is -7.54. The van der Waals surface area contributed by atoms with Crippen LogP contribution in [-0.4, -0.2) is 33.8 Å². The van der Waals surface area contributed by atoms with Gasteiger partial charge in [0, 0.05) is 44.0 Å². The van der Waals surface area contributed by atoms with Crippen LogP contribution in [0.5, 0.6) is 0 Å². The largest absolute Gasteiger partial charge is 0.416 e. The van der Waals surface area contributed by atoms with Crippen molar-refractivity contribution >= 4 is 40.7 Å². The van der Waals surface area contributed by atoms with Crippen LogP contribution in [0.3, 0.4) is 0 Å². The minimum absolute atomic E-state index is 0.0246. The zero-order chi connectivity index (χ0) is 29.5. The van der Waals surface area contributed by atoms with Gasteiger partial charge in [-0.15, -0.1) is 0 Å². The number of aromatic nitrogens is 1. The predicted molar refractivity (Wildman–Crippen MR) is 137 cm³/mol. The molecule has 1 aliphatic rings. The zero-order valence-electron chi connectivity index (χ0n) is 20.8. The number of pyridine rings is 1. The summed E-state index contributed by atoms with van der Waals surface area (Å²) in [6, 6.07) is 8.87. The molecule has 2 amide bonds. The standard InChI is InChI=1S/C27H21Cl2F6N3O2/c1-25(14-16-2-3-21(28)22(29)12-16)24(40)37(9-6-23(39)38(25)20-4-7-36-8-5-20)15-17-10-18(26(30,31)32)13-19(11-17)27(33,34)35/h2-5,7-8,10-13H,6,9,14-15H2,1H3. The van der Waals surface area contributed by atoms with Crippen molar-refractivity contribution in [1.82, 2.24) is 9.88 Å². The Bertz CT molecular complexity index is 1400. The molecule has 0 aliphatic carbocycles. The number of benzene rings is 2. The molecule has 0 N–H and O–H groups in total. The number of alkyl halides is 6. The molecule has 2 heterocycles. The first-order valence-electron chi connectivity index (χ1n) is 11.8. The smallest absolute Gasteiger partial charge is 0.336 e. The van der Waals surface area contributed by atoms with Crippen molar-refractivity contribution in [2.75, 3.05) is 11.4 Å². The van der Waals surface area contributed by atoms with E-state index in [-0.39, 0.29) is 41.1 Å². The summed E-state index contributed by atoms with van der Waals surface area (Å²) < 4.78 is 80.7. The Kier molecular flexibility index (Phi) is 8.11. The second-order valence-corrected chi connectivity index (χ2v) is 10.3. The van der Waals surface area contributed by atoms with E-state index in [4.69, 9.17) is 23.2 Å². The summed E-state index contributed by atoms with van der Waals surface area (Å²) in [7, 11) is 0. The van der Waals surface area contributed by atoms with Gasteiger partial charge in [-0.2, -0.15) is 26.3 Å². The monoisotopic (exact) mass is 603 g/mol. The minimum Gasteiger partial charge on any atom is -0.336 e. The molecule has 5 nitrogen and oxygen atoms in total. The van der Waals surface area contributed by atoms with Gasteiger partial charge >= 0.3 is 12.4 Å². The number of rotatable bonds is 5. The Labute approximate surface area is 235 Å². The van der Waals surface area contributed by atoms with Gasteiger partial charge in [0.15, 0.2) is 0 Å². The highest BCUT2D eigenvalue weighted by atomic mass is 35.5. The van der Waals surface area contributed by atoms with E-state index in [1.165, 1.54) is 48.5 Å². The second kappa shape index (κ2) is 10.9. The molecular formula is C27H21Cl2F6N3O2. The average molecular weight is 604 g/mol. The van der Waals surface area contributed by atoms with Crippen LogP contribution in [0.15, 0.2) is 60.9 Å². The summed E-state index contributed by atoms with van der Waals surface area (Å²) in [4.78, 5) is 33.9. The van der Waals surface area contributed by atoms with Gasteiger partial charge in [-0.25, -0.2) is 0 Å². The van der Waals surface area contributed by atoms with Gasteiger partial charge in [-0.05, 0) is 60.5 Å². The molecule has 0 radical (unpaired) electrons. The van der Waals surface area contributed by atoms with Gasteiger partial charge in [0.25, 0.3) is 0 Å². The first-order chi connectivity index (χ1) is 18.6. The molecule has 1 saturated heterocycles. The highest BCUT2D eigenvalue weighted by molar-refractivity contribution is 6.42. The molecule has 40 heavy (non-hydrogen) atoms. The van der Waals surface area contributed by atoms with Gasteiger partial charge < -0.3 is 4.90 Å². The number of carbonyl (C=O) groups is 2. The van der Waals surface area contributed by atoms with Gasteiger partial charge in [0.1, 0.15) is 5.54 Å². The second-order valence-electron chi connectivity index (χ2n) is 9.52. The van der Waals surface area contributed by atoms with Gasteiger partial charge in [-0.3, -0.25) is 19.5 Å². The molecule has 1 atom stereocenters. The van der Waals surface area contributed by atoms with Crippen molar-refractivity contribution in [3.05, 3.63) is 93.2 Å². The molecular weight excluding hydrogens is 583 g/mol. The Morgan fingerprint density at radius 3 is 2.00 bits per heavy atom. The SMILES string of the molecule is CC1(Cc2ccc(Cl)c(Cl)c2)C(=O)N(Cc2cc(C(F)(F)F)cc(C(F)(F)F)c2)CCC(=O)N1c1ccncc1. The molecule has 3 aromatic rings. The first-order valence-corrected chi connectivity index (χ1v) is 12.6. The molecule has 1 aromatic heterocycles. The maximum Gasteiger partial charge on any atom is 0.416 e. The topological polar surface area (TPSA) is 53.5 Å². The lowest BCUT2D eigenvalue weighted by atomic mass is 9.88. The summed E-state index contributed by atoms with van der Waals surface area (Å²) in [5.74, 6) is -1.14.